The molecule has 1 N–H and O–H groups in total. The minimum Gasteiger partial charge on any atom is -0.497 e. The van der Waals surface area contributed by atoms with Gasteiger partial charge in [0.1, 0.15) is 11.4 Å². The molecule has 0 saturated carbocycles. The van der Waals surface area contributed by atoms with E-state index in [1.54, 1.807) is 31.5 Å². The second-order valence-corrected chi connectivity index (χ2v) is 4.84. The van der Waals surface area contributed by atoms with E-state index >= 15 is 0 Å². The van der Waals surface area contributed by atoms with E-state index in [1.165, 1.54) is 6.20 Å². The number of carbonyl (C=O) groups excluding carboxylic acids is 1. The summed E-state index contributed by atoms with van der Waals surface area (Å²) >= 11 is 0. The van der Waals surface area contributed by atoms with Gasteiger partial charge in [0.15, 0.2) is 0 Å². The Morgan fingerprint density at radius 1 is 1.04 bits per heavy atom. The molecule has 1 aromatic heterocycles. The van der Waals surface area contributed by atoms with E-state index in [2.05, 4.69) is 15.3 Å². The molecule has 114 valence electrons. The predicted molar refractivity (Wildman–Crippen MR) is 88.4 cm³/mol. The van der Waals surface area contributed by atoms with Gasteiger partial charge in [-0.15, -0.1) is 0 Å². The monoisotopic (exact) mass is 305 g/mol. The van der Waals surface area contributed by atoms with Crippen LogP contribution in [0, 0.1) is 0 Å². The van der Waals surface area contributed by atoms with Gasteiger partial charge in [-0.2, -0.15) is 0 Å². The highest BCUT2D eigenvalue weighted by Crippen LogP contribution is 2.18. The molecule has 0 bridgehead atoms. The molecule has 0 fully saturated rings. The van der Waals surface area contributed by atoms with Crippen LogP contribution in [0.25, 0.3) is 11.3 Å². The van der Waals surface area contributed by atoms with Gasteiger partial charge in [-0.1, -0.05) is 36.4 Å². The third-order valence-corrected chi connectivity index (χ3v) is 3.26. The fraction of sp³-hybridized carbons (Fsp3) is 0.0556. The van der Waals surface area contributed by atoms with Crippen molar-refractivity contribution >= 4 is 11.6 Å². The molecule has 0 radical (unpaired) electrons. The number of benzene rings is 2. The summed E-state index contributed by atoms with van der Waals surface area (Å²) < 4.78 is 5.14. The van der Waals surface area contributed by atoms with Crippen molar-refractivity contribution in [3.8, 4) is 17.0 Å². The van der Waals surface area contributed by atoms with Gasteiger partial charge < -0.3 is 10.1 Å². The number of aromatic nitrogens is 2. The zero-order valence-electron chi connectivity index (χ0n) is 12.6. The molecule has 0 aliphatic heterocycles. The number of hydrogen-bond donors (Lipinski definition) is 1. The number of carbonyl (C=O) groups is 1. The van der Waals surface area contributed by atoms with Gasteiger partial charge in [-0.25, -0.2) is 4.98 Å². The molecule has 0 atom stereocenters. The summed E-state index contributed by atoms with van der Waals surface area (Å²) in [5.74, 6) is 0.357. The highest BCUT2D eigenvalue weighted by atomic mass is 16.5. The summed E-state index contributed by atoms with van der Waals surface area (Å²) in [6, 6.07) is 16.8. The lowest BCUT2D eigenvalue weighted by molar-refractivity contribution is 0.102. The Bertz CT molecular complexity index is 819. The van der Waals surface area contributed by atoms with Crippen LogP contribution in [0.2, 0.25) is 0 Å². The number of methoxy groups -OCH3 is 1. The minimum absolute atomic E-state index is 0.258. The van der Waals surface area contributed by atoms with Crippen molar-refractivity contribution in [1.82, 2.24) is 9.97 Å². The molecule has 0 aliphatic carbocycles. The molecule has 3 aromatic rings. The van der Waals surface area contributed by atoms with Gasteiger partial charge in [-0.3, -0.25) is 9.78 Å². The molecule has 3 rings (SSSR count). The fourth-order valence-corrected chi connectivity index (χ4v) is 2.12. The summed E-state index contributed by atoms with van der Waals surface area (Å²) in [4.78, 5) is 20.8. The van der Waals surface area contributed by atoms with Crippen LogP contribution in [0.3, 0.4) is 0 Å². The van der Waals surface area contributed by atoms with Crippen LogP contribution in [-0.2, 0) is 0 Å². The van der Waals surface area contributed by atoms with Crippen LogP contribution in [-0.4, -0.2) is 23.0 Å². The zero-order valence-corrected chi connectivity index (χ0v) is 12.6. The second-order valence-electron chi connectivity index (χ2n) is 4.84. The Hall–Kier alpha value is -3.21. The summed E-state index contributed by atoms with van der Waals surface area (Å²) in [5, 5.41) is 2.79. The van der Waals surface area contributed by atoms with Gasteiger partial charge >= 0.3 is 0 Å². The van der Waals surface area contributed by atoms with Crippen molar-refractivity contribution in [2.75, 3.05) is 12.4 Å². The van der Waals surface area contributed by atoms with Crippen LogP contribution in [0.4, 0.5) is 5.69 Å². The van der Waals surface area contributed by atoms with E-state index in [4.69, 9.17) is 4.74 Å². The Labute approximate surface area is 134 Å². The highest BCUT2D eigenvalue weighted by molar-refractivity contribution is 6.03. The van der Waals surface area contributed by atoms with E-state index in [0.717, 1.165) is 5.56 Å². The first-order chi connectivity index (χ1) is 11.3. The molecule has 23 heavy (non-hydrogen) atoms. The molecule has 0 aliphatic rings. The molecule has 0 spiro atoms. The molecular formula is C18H15N3O2. The number of ether oxygens (including phenoxy) is 1. The van der Waals surface area contributed by atoms with Gasteiger partial charge in [0, 0.05) is 17.3 Å². The number of nitrogens with zero attached hydrogens (tertiary/aromatic N) is 2. The van der Waals surface area contributed by atoms with Crippen molar-refractivity contribution in [3.63, 3.8) is 0 Å². The summed E-state index contributed by atoms with van der Waals surface area (Å²) in [6.45, 7) is 0. The van der Waals surface area contributed by atoms with Crippen LogP contribution in [0.1, 0.15) is 10.5 Å². The van der Waals surface area contributed by atoms with Crippen LogP contribution < -0.4 is 10.1 Å². The molecule has 5 nitrogen and oxygen atoms in total. The maximum atomic E-state index is 12.3. The average Bonchev–Trinajstić information content (AvgIpc) is 2.63. The third kappa shape index (κ3) is 3.52. The van der Waals surface area contributed by atoms with Crippen molar-refractivity contribution in [2.24, 2.45) is 0 Å². The first kappa shape index (κ1) is 14.7. The van der Waals surface area contributed by atoms with Crippen molar-refractivity contribution < 1.29 is 9.53 Å². The number of amides is 1. The molecule has 1 heterocycles. The normalized spacial score (nSPS) is 10.1. The third-order valence-electron chi connectivity index (χ3n) is 3.26. The number of hydrogen-bond acceptors (Lipinski definition) is 4. The predicted octanol–water partition coefficient (Wildman–Crippen LogP) is 3.40. The van der Waals surface area contributed by atoms with Gasteiger partial charge in [0.05, 0.1) is 25.2 Å². The first-order valence-corrected chi connectivity index (χ1v) is 7.09. The number of anilines is 1. The standard InChI is InChI=1S/C18H15N3O2/c1-23-15-9-5-8-14(10-15)20-18(22)17-12-19-11-16(21-17)13-6-3-2-4-7-13/h2-12H,1H3,(H,20,22). The summed E-state index contributed by atoms with van der Waals surface area (Å²) in [7, 11) is 1.58. The lowest BCUT2D eigenvalue weighted by Gasteiger charge is -2.07. The average molecular weight is 305 g/mol. The van der Waals surface area contributed by atoms with Crippen molar-refractivity contribution in [1.29, 1.82) is 0 Å². The van der Waals surface area contributed by atoms with Gasteiger partial charge in [0.25, 0.3) is 5.91 Å². The topological polar surface area (TPSA) is 64.1 Å². The lowest BCUT2D eigenvalue weighted by atomic mass is 10.1. The van der Waals surface area contributed by atoms with Crippen molar-refractivity contribution in [3.05, 3.63) is 72.7 Å². The maximum Gasteiger partial charge on any atom is 0.275 e. The second kappa shape index (κ2) is 6.70. The highest BCUT2D eigenvalue weighted by Gasteiger charge is 2.10. The molecule has 2 aromatic carbocycles. The number of rotatable bonds is 4. The smallest absolute Gasteiger partial charge is 0.275 e. The van der Waals surface area contributed by atoms with Gasteiger partial charge in [0.2, 0.25) is 0 Å². The van der Waals surface area contributed by atoms with E-state index in [9.17, 15) is 4.79 Å². The molecule has 0 saturated heterocycles. The Morgan fingerprint density at radius 3 is 2.65 bits per heavy atom. The van der Waals surface area contributed by atoms with Crippen LogP contribution in [0.5, 0.6) is 5.75 Å². The van der Waals surface area contributed by atoms with E-state index in [0.29, 0.717) is 17.1 Å². The van der Waals surface area contributed by atoms with E-state index in [-0.39, 0.29) is 11.6 Å². The summed E-state index contributed by atoms with van der Waals surface area (Å²) in [6.07, 6.45) is 3.08. The Morgan fingerprint density at radius 2 is 1.87 bits per heavy atom. The summed E-state index contributed by atoms with van der Waals surface area (Å²) in [5.41, 5.74) is 2.47. The lowest BCUT2D eigenvalue weighted by Crippen LogP contribution is -2.14. The van der Waals surface area contributed by atoms with Crippen molar-refractivity contribution in [2.45, 2.75) is 0 Å². The molecule has 5 heteroatoms. The van der Waals surface area contributed by atoms with E-state index < -0.39 is 0 Å². The Kier molecular flexibility index (Phi) is 4.29. The minimum atomic E-state index is -0.316. The van der Waals surface area contributed by atoms with Crippen LogP contribution >= 0.6 is 0 Å². The van der Waals surface area contributed by atoms with Crippen LogP contribution in [0.15, 0.2) is 67.0 Å². The Balaban J connectivity index is 1.82. The molecular weight excluding hydrogens is 290 g/mol. The zero-order chi connectivity index (χ0) is 16.1. The molecule has 1 amide bonds. The quantitative estimate of drug-likeness (QED) is 0.802. The SMILES string of the molecule is COc1cccc(NC(=O)c2cncc(-c3ccccc3)n2)c1. The van der Waals surface area contributed by atoms with Gasteiger partial charge in [-0.05, 0) is 12.1 Å². The maximum absolute atomic E-state index is 12.3. The molecule has 0 unspecified atom stereocenters. The largest absolute Gasteiger partial charge is 0.497 e. The first-order valence-electron chi connectivity index (χ1n) is 7.09. The fourth-order valence-electron chi connectivity index (χ4n) is 2.12. The number of nitrogens with one attached hydrogen (secondary N) is 1. The van der Waals surface area contributed by atoms with E-state index in [1.807, 2.05) is 36.4 Å².